The molecule has 0 aromatic heterocycles. The number of benzene rings is 2. The Balaban J connectivity index is 1.68. The first-order valence-corrected chi connectivity index (χ1v) is 15.5. The molecule has 1 spiro atoms. The van der Waals surface area contributed by atoms with Gasteiger partial charge in [-0.1, -0.05) is 31.5 Å². The number of ether oxygens (including phenoxy) is 1. The number of carbonyl (C=O) groups excluding carboxylic acids is 3. The minimum absolute atomic E-state index is 0.00208. The van der Waals surface area contributed by atoms with Crippen LogP contribution in [0, 0.1) is 0 Å². The van der Waals surface area contributed by atoms with E-state index in [0.717, 1.165) is 10.7 Å². The molecular weight excluding hydrogens is 560 g/mol. The first-order chi connectivity index (χ1) is 20.1. The quantitative estimate of drug-likeness (QED) is 0.265. The van der Waals surface area contributed by atoms with Crippen molar-refractivity contribution in [3.63, 3.8) is 0 Å². The molecule has 2 fully saturated rings. The van der Waals surface area contributed by atoms with Gasteiger partial charge in [0.2, 0.25) is 10.0 Å². The highest BCUT2D eigenvalue weighted by Gasteiger charge is 2.67. The molecule has 3 heterocycles. The van der Waals surface area contributed by atoms with Gasteiger partial charge in [-0.15, -0.1) is 0 Å². The number of morpholine rings is 1. The SMILES string of the molecule is CCCCN1C(=O)C2(/C(=C(/O)c3ccc(S(=O)(=O)N(C)C)cc3)C(=O)C(=O)N2CCN2CCOCC2)c2ccccc21. The van der Waals surface area contributed by atoms with Gasteiger partial charge in [-0.25, -0.2) is 12.7 Å². The molecule has 1 atom stereocenters. The van der Waals surface area contributed by atoms with Crippen LogP contribution in [-0.2, 0) is 34.7 Å². The molecule has 2 aromatic rings. The molecule has 0 aliphatic carbocycles. The summed E-state index contributed by atoms with van der Waals surface area (Å²) in [4.78, 5) is 47.2. The second kappa shape index (κ2) is 11.6. The molecule has 1 unspecified atom stereocenters. The monoisotopic (exact) mass is 596 g/mol. The summed E-state index contributed by atoms with van der Waals surface area (Å²) >= 11 is 0. The van der Waals surface area contributed by atoms with E-state index in [-0.39, 0.29) is 22.6 Å². The molecule has 0 saturated carbocycles. The topological polar surface area (TPSA) is 128 Å². The number of unbranched alkanes of at least 4 members (excludes halogenated alkanes) is 1. The van der Waals surface area contributed by atoms with Gasteiger partial charge in [0.1, 0.15) is 5.76 Å². The van der Waals surface area contributed by atoms with Crippen LogP contribution in [0.1, 0.15) is 30.9 Å². The average molecular weight is 597 g/mol. The number of aliphatic hydroxyl groups excluding tert-OH is 1. The number of rotatable bonds is 9. The molecule has 3 aliphatic rings. The zero-order valence-electron chi connectivity index (χ0n) is 24.1. The number of anilines is 1. The minimum Gasteiger partial charge on any atom is -0.507 e. The normalized spacial score (nSPS) is 22.5. The van der Waals surface area contributed by atoms with Crippen molar-refractivity contribution in [1.82, 2.24) is 14.1 Å². The van der Waals surface area contributed by atoms with Crippen LogP contribution >= 0.6 is 0 Å². The Morgan fingerprint density at radius 2 is 1.64 bits per heavy atom. The van der Waals surface area contributed by atoms with Crippen molar-refractivity contribution in [1.29, 1.82) is 0 Å². The second-order valence-corrected chi connectivity index (χ2v) is 13.0. The molecule has 224 valence electrons. The van der Waals surface area contributed by atoms with Crippen LogP contribution in [0.4, 0.5) is 5.69 Å². The van der Waals surface area contributed by atoms with E-state index >= 15 is 0 Å². The lowest BCUT2D eigenvalue weighted by atomic mass is 9.82. The summed E-state index contributed by atoms with van der Waals surface area (Å²) in [6.07, 6.45) is 1.53. The van der Waals surface area contributed by atoms with Crippen molar-refractivity contribution in [2.75, 3.05) is 64.9 Å². The predicted octanol–water partition coefficient (Wildman–Crippen LogP) is 1.99. The van der Waals surface area contributed by atoms with Crippen molar-refractivity contribution in [2.24, 2.45) is 0 Å². The van der Waals surface area contributed by atoms with Crippen molar-refractivity contribution < 1.29 is 32.6 Å². The number of ketones is 1. The maximum absolute atomic E-state index is 14.6. The number of amides is 2. The number of para-hydroxylation sites is 1. The largest absolute Gasteiger partial charge is 0.507 e. The standard InChI is InChI=1S/C30H36N4O7S/c1-4-5-14-33-24-9-7-6-8-23(24)30(29(33)38)25(26(35)21-10-12-22(13-11-21)42(39,40)31(2)3)27(36)28(37)34(30)16-15-32-17-19-41-20-18-32/h6-13,35H,4-5,14-20H2,1-3H3/b26-25+. The highest BCUT2D eigenvalue weighted by molar-refractivity contribution is 7.89. The summed E-state index contributed by atoms with van der Waals surface area (Å²) in [6, 6.07) is 12.5. The molecule has 5 rings (SSSR count). The third-order valence-corrected chi connectivity index (χ3v) is 10.0. The van der Waals surface area contributed by atoms with Gasteiger partial charge in [0.05, 0.1) is 29.4 Å². The lowest BCUT2D eigenvalue weighted by Gasteiger charge is -2.36. The second-order valence-electron chi connectivity index (χ2n) is 10.8. The number of sulfonamides is 1. The summed E-state index contributed by atoms with van der Waals surface area (Å²) in [5.74, 6) is -2.82. The minimum atomic E-state index is -3.74. The number of aliphatic hydroxyl groups is 1. The predicted molar refractivity (Wildman–Crippen MR) is 156 cm³/mol. The van der Waals surface area contributed by atoms with Crippen LogP contribution in [0.5, 0.6) is 0 Å². The van der Waals surface area contributed by atoms with E-state index in [9.17, 15) is 27.9 Å². The third kappa shape index (κ3) is 4.72. The van der Waals surface area contributed by atoms with Crippen molar-refractivity contribution in [3.05, 3.63) is 65.2 Å². The third-order valence-electron chi connectivity index (χ3n) is 8.19. The van der Waals surface area contributed by atoms with E-state index in [1.54, 1.807) is 29.2 Å². The van der Waals surface area contributed by atoms with Crippen LogP contribution in [0.3, 0.4) is 0 Å². The van der Waals surface area contributed by atoms with Gasteiger partial charge in [-0.2, -0.15) is 0 Å². The van der Waals surface area contributed by atoms with Gasteiger partial charge >= 0.3 is 0 Å². The first-order valence-electron chi connectivity index (χ1n) is 14.1. The summed E-state index contributed by atoms with van der Waals surface area (Å²) in [6.45, 7) is 5.32. The number of hydrogen-bond donors (Lipinski definition) is 1. The van der Waals surface area contributed by atoms with E-state index in [1.165, 1.54) is 43.3 Å². The highest BCUT2D eigenvalue weighted by atomic mass is 32.2. The smallest absolute Gasteiger partial charge is 0.296 e. The number of fused-ring (bicyclic) bond motifs is 2. The molecule has 0 bridgehead atoms. The lowest BCUT2D eigenvalue weighted by molar-refractivity contribution is -0.144. The molecule has 12 heteroatoms. The van der Waals surface area contributed by atoms with Crippen LogP contribution in [-0.4, -0.2) is 105 Å². The van der Waals surface area contributed by atoms with Crippen LogP contribution in [0.15, 0.2) is 59.0 Å². The molecule has 2 saturated heterocycles. The Labute approximate surface area is 246 Å². The summed E-state index contributed by atoms with van der Waals surface area (Å²) < 4.78 is 31.7. The lowest BCUT2D eigenvalue weighted by Crippen LogP contribution is -2.54. The van der Waals surface area contributed by atoms with E-state index in [0.29, 0.717) is 57.1 Å². The van der Waals surface area contributed by atoms with Crippen molar-refractivity contribution in [3.8, 4) is 0 Å². The fraction of sp³-hybridized carbons (Fsp3) is 0.433. The summed E-state index contributed by atoms with van der Waals surface area (Å²) in [5.41, 5.74) is -0.999. The number of hydrogen-bond acceptors (Lipinski definition) is 8. The summed E-state index contributed by atoms with van der Waals surface area (Å²) in [5, 5.41) is 11.7. The Morgan fingerprint density at radius 1 is 0.976 bits per heavy atom. The van der Waals surface area contributed by atoms with Gasteiger partial charge < -0.3 is 19.6 Å². The molecule has 3 aliphatic heterocycles. The zero-order chi connectivity index (χ0) is 30.2. The molecule has 42 heavy (non-hydrogen) atoms. The van der Waals surface area contributed by atoms with Gasteiger partial charge in [0.25, 0.3) is 17.6 Å². The van der Waals surface area contributed by atoms with Gasteiger partial charge in [-0.05, 0) is 36.8 Å². The van der Waals surface area contributed by atoms with Crippen molar-refractivity contribution in [2.45, 2.75) is 30.2 Å². The molecule has 0 radical (unpaired) electrons. The fourth-order valence-corrected chi connectivity index (χ4v) is 6.81. The molecule has 1 N–H and O–H groups in total. The number of nitrogens with zero attached hydrogens (tertiary/aromatic N) is 4. The molecule has 11 nitrogen and oxygen atoms in total. The average Bonchev–Trinajstić information content (AvgIpc) is 3.37. The van der Waals surface area contributed by atoms with Gasteiger partial charge in [-0.3, -0.25) is 19.3 Å². The van der Waals surface area contributed by atoms with E-state index in [1.807, 2.05) is 6.92 Å². The number of Topliss-reactive ketones (excluding diaryl/α,β-unsaturated/α-hetero) is 1. The Morgan fingerprint density at radius 3 is 2.29 bits per heavy atom. The highest BCUT2D eigenvalue weighted by Crippen LogP contribution is 2.53. The van der Waals surface area contributed by atoms with Crippen LogP contribution in [0.25, 0.3) is 5.76 Å². The number of carbonyl (C=O) groups is 3. The maximum atomic E-state index is 14.6. The van der Waals surface area contributed by atoms with E-state index in [4.69, 9.17) is 4.74 Å². The fourth-order valence-electron chi connectivity index (χ4n) is 5.91. The Kier molecular flexibility index (Phi) is 8.26. The Bertz CT molecular complexity index is 1530. The molecule has 2 aromatic carbocycles. The van der Waals surface area contributed by atoms with Crippen molar-refractivity contribution >= 4 is 39.1 Å². The van der Waals surface area contributed by atoms with Crippen LogP contribution < -0.4 is 4.90 Å². The number of likely N-dealkylation sites (tertiary alicyclic amines) is 1. The summed E-state index contributed by atoms with van der Waals surface area (Å²) in [7, 11) is -0.918. The molecular formula is C30H36N4O7S. The van der Waals surface area contributed by atoms with Gasteiger partial charge in [0.15, 0.2) is 5.54 Å². The maximum Gasteiger partial charge on any atom is 0.296 e. The van der Waals surface area contributed by atoms with E-state index in [2.05, 4.69) is 4.90 Å². The van der Waals surface area contributed by atoms with E-state index < -0.39 is 38.9 Å². The molecule has 2 amide bonds. The Hall–Kier alpha value is -3.58. The first kappa shape index (κ1) is 29.9. The van der Waals surface area contributed by atoms with Gasteiger partial charge in [0, 0.05) is 57.9 Å². The zero-order valence-corrected chi connectivity index (χ0v) is 24.9. The van der Waals surface area contributed by atoms with Crippen LogP contribution in [0.2, 0.25) is 0 Å².